The molecule has 0 heterocycles. The van der Waals surface area contributed by atoms with Gasteiger partial charge in [-0.2, -0.15) is 0 Å². The molecule has 0 aromatic heterocycles. The normalized spacial score (nSPS) is 13.2. The van der Waals surface area contributed by atoms with Crippen LogP contribution in [0.1, 0.15) is 63.4 Å². The number of rotatable bonds is 8. The third kappa shape index (κ3) is 4.96. The highest BCUT2D eigenvalue weighted by Gasteiger charge is 2.27. The van der Waals surface area contributed by atoms with Crippen molar-refractivity contribution in [1.82, 2.24) is 4.90 Å². The van der Waals surface area contributed by atoms with Gasteiger partial charge in [-0.05, 0) is 32.6 Å². The molecule has 0 fully saturated rings. The molecule has 1 atom stereocenters. The summed E-state index contributed by atoms with van der Waals surface area (Å²) in [6.45, 7) is 14.0. The van der Waals surface area contributed by atoms with E-state index < -0.39 is 0 Å². The van der Waals surface area contributed by atoms with E-state index in [4.69, 9.17) is 0 Å². The van der Waals surface area contributed by atoms with Crippen molar-refractivity contribution >= 4 is 5.78 Å². The minimum Gasteiger partial charge on any atom is -0.292 e. The fraction of sp³-hybridized carbons (Fsp3) is 0.632. The Bertz CT molecular complexity index is 431. The van der Waals surface area contributed by atoms with Gasteiger partial charge in [-0.3, -0.25) is 9.69 Å². The van der Waals surface area contributed by atoms with Crippen LogP contribution < -0.4 is 0 Å². The molecule has 2 nitrogen and oxygen atoms in total. The number of ketones is 1. The molecule has 0 bridgehead atoms. The summed E-state index contributed by atoms with van der Waals surface area (Å²) in [5.41, 5.74) is 2.02. The molecular weight excluding hydrogens is 258 g/mol. The average molecular weight is 289 g/mol. The van der Waals surface area contributed by atoms with Gasteiger partial charge in [0.05, 0.1) is 6.04 Å². The van der Waals surface area contributed by atoms with Crippen LogP contribution in [0.25, 0.3) is 0 Å². The lowest BCUT2D eigenvalue weighted by Gasteiger charge is -2.36. The summed E-state index contributed by atoms with van der Waals surface area (Å²) >= 11 is 0. The maximum atomic E-state index is 12.8. The van der Waals surface area contributed by atoms with E-state index in [1.54, 1.807) is 0 Å². The van der Waals surface area contributed by atoms with Crippen LogP contribution in [0.4, 0.5) is 0 Å². The molecule has 21 heavy (non-hydrogen) atoms. The van der Waals surface area contributed by atoms with Gasteiger partial charge < -0.3 is 0 Å². The zero-order valence-electron chi connectivity index (χ0n) is 14.5. The molecule has 0 aliphatic carbocycles. The number of carbonyl (C=O) groups excluding carboxylic acids is 1. The first-order chi connectivity index (χ1) is 9.90. The van der Waals surface area contributed by atoms with E-state index in [1.807, 2.05) is 31.2 Å². The van der Waals surface area contributed by atoms with E-state index in [9.17, 15) is 4.79 Å². The van der Waals surface area contributed by atoms with Gasteiger partial charge in [0.2, 0.25) is 0 Å². The maximum absolute atomic E-state index is 12.8. The minimum atomic E-state index is -0.0555. The predicted molar refractivity (Wildman–Crippen MR) is 90.9 cm³/mol. The van der Waals surface area contributed by atoms with Crippen LogP contribution in [0.5, 0.6) is 0 Å². The fourth-order valence-electron chi connectivity index (χ4n) is 2.91. The third-order valence-corrected chi connectivity index (χ3v) is 4.20. The molecule has 1 rings (SSSR count). The van der Waals surface area contributed by atoms with Gasteiger partial charge in [0, 0.05) is 18.2 Å². The number of Topliss-reactive ketones (excluding diaryl/α,β-unsaturated/α-hetero) is 1. The Morgan fingerprint density at radius 3 is 2.00 bits per heavy atom. The molecule has 1 aromatic rings. The molecular formula is C19H31NO. The van der Waals surface area contributed by atoms with Crippen LogP contribution in [-0.2, 0) is 0 Å². The largest absolute Gasteiger partial charge is 0.292 e. The van der Waals surface area contributed by atoms with Gasteiger partial charge in [-0.1, -0.05) is 57.5 Å². The molecule has 0 amide bonds. The van der Waals surface area contributed by atoms with Gasteiger partial charge in [0.15, 0.2) is 5.78 Å². The maximum Gasteiger partial charge on any atom is 0.179 e. The molecule has 0 aliphatic heterocycles. The second kappa shape index (κ2) is 8.33. The van der Waals surface area contributed by atoms with Crippen LogP contribution in [0, 0.1) is 12.8 Å². The summed E-state index contributed by atoms with van der Waals surface area (Å²) in [6.07, 6.45) is 2.18. The van der Waals surface area contributed by atoms with Crippen molar-refractivity contribution in [2.24, 2.45) is 5.92 Å². The van der Waals surface area contributed by atoms with Crippen molar-refractivity contribution in [3.05, 3.63) is 35.4 Å². The molecule has 1 unspecified atom stereocenters. The number of benzene rings is 1. The molecule has 0 saturated heterocycles. The summed E-state index contributed by atoms with van der Waals surface area (Å²) in [5.74, 6) is 0.807. The van der Waals surface area contributed by atoms with E-state index in [0.29, 0.717) is 12.0 Å². The standard InChI is InChI=1S/C19H31NO/c1-7-18(8-2)20(13-14(3)4)16(6)19(21)17-11-9-15(5)10-12-17/h9-12,14,16,18H,7-8,13H2,1-6H3. The Hall–Kier alpha value is -1.15. The highest BCUT2D eigenvalue weighted by Crippen LogP contribution is 2.18. The lowest BCUT2D eigenvalue weighted by molar-refractivity contribution is 0.0711. The number of nitrogens with zero attached hydrogens (tertiary/aromatic N) is 1. The van der Waals surface area contributed by atoms with Gasteiger partial charge in [-0.15, -0.1) is 0 Å². The highest BCUT2D eigenvalue weighted by atomic mass is 16.1. The Morgan fingerprint density at radius 1 is 1.05 bits per heavy atom. The summed E-state index contributed by atoms with van der Waals surface area (Å²) in [6, 6.07) is 8.37. The summed E-state index contributed by atoms with van der Waals surface area (Å²) in [7, 11) is 0. The zero-order chi connectivity index (χ0) is 16.0. The Labute approximate surface area is 130 Å². The summed E-state index contributed by atoms with van der Waals surface area (Å²) in [4.78, 5) is 15.2. The van der Waals surface area contributed by atoms with Crippen LogP contribution >= 0.6 is 0 Å². The van der Waals surface area contributed by atoms with Gasteiger partial charge in [-0.25, -0.2) is 0 Å². The topological polar surface area (TPSA) is 20.3 Å². The zero-order valence-corrected chi connectivity index (χ0v) is 14.5. The first-order valence-corrected chi connectivity index (χ1v) is 8.27. The molecule has 2 heteroatoms. The smallest absolute Gasteiger partial charge is 0.179 e. The van der Waals surface area contributed by atoms with E-state index in [2.05, 4.69) is 39.5 Å². The first kappa shape index (κ1) is 17.9. The van der Waals surface area contributed by atoms with Crippen molar-refractivity contribution < 1.29 is 4.79 Å². The molecule has 0 N–H and O–H groups in total. The number of aryl methyl sites for hydroxylation is 1. The second-order valence-electron chi connectivity index (χ2n) is 6.47. The van der Waals surface area contributed by atoms with Gasteiger partial charge >= 0.3 is 0 Å². The monoisotopic (exact) mass is 289 g/mol. The Kier molecular flexibility index (Phi) is 7.10. The lowest BCUT2D eigenvalue weighted by atomic mass is 9.98. The molecule has 0 spiro atoms. The van der Waals surface area contributed by atoms with E-state index >= 15 is 0 Å². The Morgan fingerprint density at radius 2 is 1.57 bits per heavy atom. The molecule has 0 aliphatic rings. The van der Waals surface area contributed by atoms with Crippen LogP contribution in [0.2, 0.25) is 0 Å². The van der Waals surface area contributed by atoms with Crippen LogP contribution in [0.3, 0.4) is 0 Å². The van der Waals surface area contributed by atoms with E-state index in [0.717, 1.165) is 24.9 Å². The average Bonchev–Trinajstić information content (AvgIpc) is 2.46. The van der Waals surface area contributed by atoms with E-state index in [1.165, 1.54) is 5.56 Å². The van der Waals surface area contributed by atoms with E-state index in [-0.39, 0.29) is 11.8 Å². The molecule has 118 valence electrons. The summed E-state index contributed by atoms with van der Waals surface area (Å²) < 4.78 is 0. The summed E-state index contributed by atoms with van der Waals surface area (Å²) in [5, 5.41) is 0. The number of hydrogen-bond acceptors (Lipinski definition) is 2. The van der Waals surface area contributed by atoms with Gasteiger partial charge in [0.1, 0.15) is 0 Å². The Balaban J connectivity index is 2.95. The first-order valence-electron chi connectivity index (χ1n) is 8.27. The second-order valence-corrected chi connectivity index (χ2v) is 6.47. The van der Waals surface area contributed by atoms with Crippen molar-refractivity contribution in [1.29, 1.82) is 0 Å². The minimum absolute atomic E-state index is 0.0555. The molecule has 0 radical (unpaired) electrons. The van der Waals surface area contributed by atoms with Crippen molar-refractivity contribution in [2.45, 2.75) is 66.5 Å². The molecule has 1 aromatic carbocycles. The third-order valence-electron chi connectivity index (χ3n) is 4.20. The van der Waals surface area contributed by atoms with Crippen LogP contribution in [0.15, 0.2) is 24.3 Å². The molecule has 0 saturated carbocycles. The highest BCUT2D eigenvalue weighted by molar-refractivity contribution is 5.99. The SMILES string of the molecule is CCC(CC)N(CC(C)C)C(C)C(=O)c1ccc(C)cc1. The predicted octanol–water partition coefficient (Wildman–Crippen LogP) is 4.71. The lowest BCUT2D eigenvalue weighted by Crippen LogP contribution is -2.47. The van der Waals surface area contributed by atoms with Crippen molar-refractivity contribution in [3.63, 3.8) is 0 Å². The van der Waals surface area contributed by atoms with Crippen molar-refractivity contribution in [2.75, 3.05) is 6.54 Å². The number of carbonyl (C=O) groups is 1. The van der Waals surface area contributed by atoms with Gasteiger partial charge in [0.25, 0.3) is 0 Å². The quantitative estimate of drug-likeness (QED) is 0.646. The van der Waals surface area contributed by atoms with Crippen LogP contribution in [-0.4, -0.2) is 29.3 Å². The fourth-order valence-corrected chi connectivity index (χ4v) is 2.91. The van der Waals surface area contributed by atoms with Crippen molar-refractivity contribution in [3.8, 4) is 0 Å². The number of hydrogen-bond donors (Lipinski definition) is 0.